The Bertz CT molecular complexity index is 522. The van der Waals surface area contributed by atoms with Crippen molar-refractivity contribution in [3.8, 4) is 11.5 Å². The van der Waals surface area contributed by atoms with Crippen molar-refractivity contribution in [2.75, 3.05) is 7.11 Å². The molecule has 1 aliphatic carbocycles. The molecule has 0 heterocycles. The van der Waals surface area contributed by atoms with Crippen LogP contribution in [0.1, 0.15) is 43.7 Å². The Labute approximate surface area is 145 Å². The van der Waals surface area contributed by atoms with Crippen LogP contribution in [0.2, 0.25) is 0 Å². The van der Waals surface area contributed by atoms with Crippen LogP contribution < -0.4 is 15.2 Å². The Morgan fingerprint density at radius 2 is 1.83 bits per heavy atom. The average Bonchev–Trinajstić information content (AvgIpc) is 2.52. The van der Waals surface area contributed by atoms with Gasteiger partial charge in [-0.25, -0.2) is 0 Å². The maximum absolute atomic E-state index is 12.4. The van der Waals surface area contributed by atoms with Gasteiger partial charge in [0.2, 0.25) is 0 Å². The van der Waals surface area contributed by atoms with Gasteiger partial charge in [-0.15, -0.1) is 25.6 Å². The zero-order chi connectivity index (χ0) is 17.0. The summed E-state index contributed by atoms with van der Waals surface area (Å²) < 4.78 is 46.2. The predicted octanol–water partition coefficient (Wildman–Crippen LogP) is 3.96. The number of alkyl halides is 3. The zero-order valence-corrected chi connectivity index (χ0v) is 14.2. The Hall–Kier alpha value is -1.18. The van der Waals surface area contributed by atoms with Gasteiger partial charge in [0.1, 0.15) is 11.5 Å². The van der Waals surface area contributed by atoms with E-state index in [-0.39, 0.29) is 24.1 Å². The lowest BCUT2D eigenvalue weighted by molar-refractivity contribution is -0.274. The van der Waals surface area contributed by atoms with Crippen molar-refractivity contribution in [1.29, 1.82) is 0 Å². The fourth-order valence-corrected chi connectivity index (χ4v) is 3.12. The van der Waals surface area contributed by atoms with Gasteiger partial charge in [0.15, 0.2) is 0 Å². The normalized spacial score (nSPS) is 18.4. The summed E-state index contributed by atoms with van der Waals surface area (Å²) in [7, 11) is 1.41. The summed E-state index contributed by atoms with van der Waals surface area (Å²) in [5.41, 5.74) is 6.42. The summed E-state index contributed by atoms with van der Waals surface area (Å²) in [6.07, 6.45) is -0.670. The van der Waals surface area contributed by atoms with Crippen molar-refractivity contribution in [2.45, 2.75) is 50.6 Å². The lowest BCUT2D eigenvalue weighted by Gasteiger charge is -2.31. The molecule has 4 nitrogen and oxygen atoms in total. The summed E-state index contributed by atoms with van der Waals surface area (Å²) in [5, 5.41) is 10.5. The molecule has 1 aliphatic rings. The van der Waals surface area contributed by atoms with Crippen LogP contribution in [0.25, 0.3) is 0 Å². The van der Waals surface area contributed by atoms with Gasteiger partial charge in [0.05, 0.1) is 19.3 Å². The van der Waals surface area contributed by atoms with E-state index < -0.39 is 18.5 Å². The molecular weight excluding hydrogens is 347 g/mol. The van der Waals surface area contributed by atoms with E-state index >= 15 is 0 Å². The van der Waals surface area contributed by atoms with Crippen molar-refractivity contribution < 1.29 is 27.8 Å². The SMILES string of the molecule is COc1ccc(OC(F)(F)F)cc1[C@@H](N)[C@@H](O)C1CCCCC1.Cl. The highest BCUT2D eigenvalue weighted by molar-refractivity contribution is 5.85. The maximum atomic E-state index is 12.4. The summed E-state index contributed by atoms with van der Waals surface area (Å²) in [6, 6.07) is 2.88. The molecule has 1 fully saturated rings. The molecule has 0 radical (unpaired) electrons. The van der Waals surface area contributed by atoms with Crippen LogP contribution in [0.5, 0.6) is 11.5 Å². The lowest BCUT2D eigenvalue weighted by atomic mass is 9.81. The molecule has 1 aromatic rings. The predicted molar refractivity (Wildman–Crippen MR) is 86.4 cm³/mol. The number of nitrogens with two attached hydrogens (primary N) is 1. The summed E-state index contributed by atoms with van der Waals surface area (Å²) in [6.45, 7) is 0. The number of rotatable bonds is 5. The van der Waals surface area contributed by atoms with Crippen LogP contribution >= 0.6 is 12.4 Å². The third-order valence-corrected chi connectivity index (χ3v) is 4.29. The van der Waals surface area contributed by atoms with Gasteiger partial charge in [-0.3, -0.25) is 0 Å². The number of hydrogen-bond donors (Lipinski definition) is 2. The van der Waals surface area contributed by atoms with E-state index in [2.05, 4.69) is 4.74 Å². The van der Waals surface area contributed by atoms with Crippen LogP contribution in [0.4, 0.5) is 13.2 Å². The second-order valence-corrected chi connectivity index (χ2v) is 5.87. The molecule has 24 heavy (non-hydrogen) atoms. The van der Waals surface area contributed by atoms with Crippen LogP contribution in [-0.2, 0) is 0 Å². The van der Waals surface area contributed by atoms with Crippen molar-refractivity contribution in [2.24, 2.45) is 11.7 Å². The van der Waals surface area contributed by atoms with E-state index in [9.17, 15) is 18.3 Å². The van der Waals surface area contributed by atoms with Crippen LogP contribution in [0, 0.1) is 5.92 Å². The molecule has 138 valence electrons. The summed E-state index contributed by atoms with van der Waals surface area (Å²) >= 11 is 0. The number of halogens is 4. The highest BCUT2D eigenvalue weighted by Crippen LogP contribution is 2.36. The third kappa shape index (κ3) is 5.43. The maximum Gasteiger partial charge on any atom is 0.573 e. The minimum Gasteiger partial charge on any atom is -0.496 e. The molecule has 8 heteroatoms. The summed E-state index contributed by atoms with van der Waals surface area (Å²) in [5.74, 6) is 0.0112. The molecule has 0 saturated heterocycles. The third-order valence-electron chi connectivity index (χ3n) is 4.29. The first kappa shape index (κ1) is 20.9. The molecule has 0 amide bonds. The monoisotopic (exact) mass is 369 g/mol. The molecule has 0 bridgehead atoms. The molecular formula is C16H23ClF3NO3. The number of hydrogen-bond acceptors (Lipinski definition) is 4. The van der Waals surface area contributed by atoms with E-state index in [1.54, 1.807) is 0 Å². The molecule has 1 saturated carbocycles. The van der Waals surface area contributed by atoms with Gasteiger partial charge < -0.3 is 20.3 Å². The first-order chi connectivity index (χ1) is 10.8. The van der Waals surface area contributed by atoms with E-state index in [4.69, 9.17) is 10.5 Å². The smallest absolute Gasteiger partial charge is 0.496 e. The van der Waals surface area contributed by atoms with Crippen molar-refractivity contribution in [3.63, 3.8) is 0 Å². The highest BCUT2D eigenvalue weighted by atomic mass is 35.5. The number of ether oxygens (including phenoxy) is 2. The number of benzene rings is 1. The molecule has 1 aromatic carbocycles. The molecule has 0 aliphatic heterocycles. The summed E-state index contributed by atoms with van der Waals surface area (Å²) in [4.78, 5) is 0. The van der Waals surface area contributed by atoms with Crippen LogP contribution in [0.3, 0.4) is 0 Å². The van der Waals surface area contributed by atoms with Gasteiger partial charge >= 0.3 is 6.36 Å². The van der Waals surface area contributed by atoms with E-state index in [0.29, 0.717) is 11.3 Å². The van der Waals surface area contributed by atoms with Gasteiger partial charge in [-0.2, -0.15) is 0 Å². The Morgan fingerprint density at radius 1 is 1.21 bits per heavy atom. The standard InChI is InChI=1S/C16H22F3NO3.ClH/c1-22-13-8-7-11(23-16(17,18)19)9-12(13)14(20)15(21)10-5-3-2-4-6-10;/h7-10,14-15,21H,2-6,20H2,1H3;1H/t14-,15+;/m1./s1. The largest absolute Gasteiger partial charge is 0.573 e. The number of aliphatic hydroxyl groups excluding tert-OH is 1. The molecule has 0 unspecified atom stereocenters. The average molecular weight is 370 g/mol. The number of aliphatic hydroxyl groups is 1. The number of methoxy groups -OCH3 is 1. The van der Waals surface area contributed by atoms with Crippen molar-refractivity contribution in [1.82, 2.24) is 0 Å². The minimum absolute atomic E-state index is 0. The lowest BCUT2D eigenvalue weighted by Crippen LogP contribution is -2.34. The molecule has 3 N–H and O–H groups in total. The molecule has 0 spiro atoms. The van der Waals surface area contributed by atoms with Crippen LogP contribution in [0.15, 0.2) is 18.2 Å². The van der Waals surface area contributed by atoms with Crippen molar-refractivity contribution in [3.05, 3.63) is 23.8 Å². The Balaban J connectivity index is 0.00000288. The van der Waals surface area contributed by atoms with Gasteiger partial charge in [-0.05, 0) is 37.0 Å². The van der Waals surface area contributed by atoms with Gasteiger partial charge in [0.25, 0.3) is 0 Å². The molecule has 0 aromatic heterocycles. The van der Waals surface area contributed by atoms with Gasteiger partial charge in [-0.1, -0.05) is 19.3 Å². The fourth-order valence-electron chi connectivity index (χ4n) is 3.12. The first-order valence-corrected chi connectivity index (χ1v) is 7.69. The van der Waals surface area contributed by atoms with E-state index in [1.807, 2.05) is 0 Å². The Morgan fingerprint density at radius 3 is 2.38 bits per heavy atom. The molecule has 2 atom stereocenters. The topological polar surface area (TPSA) is 64.7 Å². The Kier molecular flexibility index (Phi) is 7.63. The van der Waals surface area contributed by atoms with Crippen LogP contribution in [-0.4, -0.2) is 24.7 Å². The quantitative estimate of drug-likeness (QED) is 0.824. The fraction of sp³-hybridized carbons (Fsp3) is 0.625. The zero-order valence-electron chi connectivity index (χ0n) is 13.4. The second kappa shape index (κ2) is 8.78. The minimum atomic E-state index is -4.78. The van der Waals surface area contributed by atoms with Gasteiger partial charge in [0, 0.05) is 5.56 Å². The highest BCUT2D eigenvalue weighted by Gasteiger charge is 2.33. The van der Waals surface area contributed by atoms with E-state index in [1.165, 1.54) is 19.2 Å². The van der Waals surface area contributed by atoms with E-state index in [0.717, 1.165) is 38.2 Å². The van der Waals surface area contributed by atoms with Crippen molar-refractivity contribution >= 4 is 12.4 Å². The second-order valence-electron chi connectivity index (χ2n) is 5.87. The molecule has 2 rings (SSSR count). The first-order valence-electron chi connectivity index (χ1n) is 7.69.